The molecule has 0 spiro atoms. The second-order valence-corrected chi connectivity index (χ2v) is 4.74. The van der Waals surface area contributed by atoms with Gasteiger partial charge in [0.15, 0.2) is 16.5 Å². The normalized spacial score (nSPS) is 32.2. The maximum atomic E-state index is 5.62. The minimum Gasteiger partial charge on any atom is -0.375 e. The summed E-state index contributed by atoms with van der Waals surface area (Å²) in [6.07, 6.45) is 0.0981. The molecular formula is C8H14N6O2S2. The molecule has 18 heavy (non-hydrogen) atoms. The number of thiocarbonyl (C=S) groups is 2. The number of hydrazone groups is 1. The summed E-state index contributed by atoms with van der Waals surface area (Å²) < 4.78 is 11.1. The summed E-state index contributed by atoms with van der Waals surface area (Å²) in [4.78, 5) is 0. The zero-order chi connectivity index (χ0) is 13.1. The van der Waals surface area contributed by atoms with E-state index in [1.807, 2.05) is 0 Å². The van der Waals surface area contributed by atoms with Crippen LogP contribution in [0.15, 0.2) is 5.10 Å². The minimum atomic E-state index is -0.445. The molecule has 7 N–H and O–H groups in total. The van der Waals surface area contributed by atoms with Crippen molar-refractivity contribution in [2.24, 2.45) is 16.6 Å². The minimum absolute atomic E-state index is 0.0443. The third-order valence-electron chi connectivity index (χ3n) is 2.55. The summed E-state index contributed by atoms with van der Waals surface area (Å²) in [6.45, 7) is 0.480. The summed E-state index contributed by atoms with van der Waals surface area (Å²) in [6, 6.07) is -0.0443. The fourth-order valence-corrected chi connectivity index (χ4v) is 1.90. The van der Waals surface area contributed by atoms with Gasteiger partial charge >= 0.3 is 0 Å². The molecule has 2 rings (SSSR count). The molecule has 0 saturated carbocycles. The molecule has 0 radical (unpaired) electrons. The molecule has 0 aliphatic carbocycles. The van der Waals surface area contributed by atoms with Crippen LogP contribution in [0.25, 0.3) is 0 Å². The van der Waals surface area contributed by atoms with Crippen molar-refractivity contribution in [1.82, 2.24) is 16.3 Å². The van der Waals surface area contributed by atoms with Gasteiger partial charge in [0, 0.05) is 6.42 Å². The van der Waals surface area contributed by atoms with Gasteiger partial charge in [-0.25, -0.2) is 5.43 Å². The SMILES string of the molecule is NC(=S)N/N=C1\C[C@H](NNC(N)=S)[C@@H]2CO[C@H]1O2. The largest absolute Gasteiger partial charge is 0.375 e. The van der Waals surface area contributed by atoms with Crippen LogP contribution in [-0.2, 0) is 9.47 Å². The van der Waals surface area contributed by atoms with Crippen molar-refractivity contribution in [2.75, 3.05) is 6.61 Å². The Morgan fingerprint density at radius 1 is 1.33 bits per heavy atom. The predicted molar refractivity (Wildman–Crippen MR) is 73.4 cm³/mol. The number of ether oxygens (including phenoxy) is 2. The lowest BCUT2D eigenvalue weighted by atomic mass is 10.0. The molecule has 0 amide bonds. The van der Waals surface area contributed by atoms with Crippen molar-refractivity contribution in [1.29, 1.82) is 0 Å². The average Bonchev–Trinajstić information content (AvgIpc) is 2.71. The second-order valence-electron chi connectivity index (χ2n) is 3.86. The maximum absolute atomic E-state index is 5.62. The Morgan fingerprint density at radius 2 is 2.11 bits per heavy atom. The van der Waals surface area contributed by atoms with Crippen LogP contribution in [0.1, 0.15) is 6.42 Å². The monoisotopic (exact) mass is 290 g/mol. The summed E-state index contributed by atoms with van der Waals surface area (Å²) in [5, 5.41) is 4.31. The molecule has 0 aromatic carbocycles. The molecule has 8 nitrogen and oxygen atoms in total. The molecule has 2 saturated heterocycles. The lowest BCUT2D eigenvalue weighted by Gasteiger charge is -2.29. The quantitative estimate of drug-likeness (QED) is 0.298. The molecule has 3 atom stereocenters. The van der Waals surface area contributed by atoms with Crippen molar-refractivity contribution >= 4 is 40.4 Å². The molecule has 2 fully saturated rings. The second kappa shape index (κ2) is 5.71. The first kappa shape index (κ1) is 13.4. The van der Waals surface area contributed by atoms with Gasteiger partial charge in [-0.2, -0.15) is 5.10 Å². The molecular weight excluding hydrogens is 276 g/mol. The van der Waals surface area contributed by atoms with Gasteiger partial charge < -0.3 is 20.9 Å². The van der Waals surface area contributed by atoms with E-state index in [1.54, 1.807) is 0 Å². The Kier molecular flexibility index (Phi) is 4.24. The van der Waals surface area contributed by atoms with Gasteiger partial charge in [-0.15, -0.1) is 0 Å². The number of hydrogen-bond donors (Lipinski definition) is 5. The molecule has 0 aromatic rings. The molecule has 0 aromatic heterocycles. The lowest BCUT2D eigenvalue weighted by molar-refractivity contribution is -0.0263. The van der Waals surface area contributed by atoms with Crippen LogP contribution in [0.5, 0.6) is 0 Å². The lowest BCUT2D eigenvalue weighted by Crippen LogP contribution is -2.55. The fraction of sp³-hybridized carbons (Fsp3) is 0.625. The highest BCUT2D eigenvalue weighted by Crippen LogP contribution is 2.25. The van der Waals surface area contributed by atoms with Gasteiger partial charge in [0.1, 0.15) is 6.10 Å². The van der Waals surface area contributed by atoms with Crippen LogP contribution in [0, 0.1) is 0 Å². The van der Waals surface area contributed by atoms with Crippen molar-refractivity contribution in [2.45, 2.75) is 24.9 Å². The van der Waals surface area contributed by atoms with Crippen LogP contribution in [0.2, 0.25) is 0 Å². The van der Waals surface area contributed by atoms with Gasteiger partial charge in [-0.1, -0.05) is 0 Å². The zero-order valence-corrected chi connectivity index (χ0v) is 11.0. The van der Waals surface area contributed by atoms with Gasteiger partial charge in [0.25, 0.3) is 0 Å². The van der Waals surface area contributed by atoms with Crippen LogP contribution in [0.3, 0.4) is 0 Å². The highest BCUT2D eigenvalue weighted by molar-refractivity contribution is 7.80. The van der Waals surface area contributed by atoms with E-state index < -0.39 is 6.29 Å². The number of hydrogen-bond acceptors (Lipinski definition) is 6. The van der Waals surface area contributed by atoms with E-state index in [2.05, 4.69) is 33.6 Å². The first-order chi connectivity index (χ1) is 8.56. The Labute approximate surface area is 114 Å². The number of fused-ring (bicyclic) bond motifs is 2. The first-order valence-electron chi connectivity index (χ1n) is 5.26. The Hall–Kier alpha value is -1.07. The number of nitrogens with two attached hydrogens (primary N) is 2. The molecule has 2 bridgehead atoms. The van der Waals surface area contributed by atoms with Crippen molar-refractivity contribution in [3.63, 3.8) is 0 Å². The predicted octanol–water partition coefficient (Wildman–Crippen LogP) is -1.97. The summed E-state index contributed by atoms with van der Waals surface area (Å²) >= 11 is 9.40. The van der Waals surface area contributed by atoms with Gasteiger partial charge in [-0.05, 0) is 24.4 Å². The van der Waals surface area contributed by atoms with Crippen LogP contribution in [0.4, 0.5) is 0 Å². The van der Waals surface area contributed by atoms with E-state index in [9.17, 15) is 0 Å². The van der Waals surface area contributed by atoms with Crippen LogP contribution < -0.4 is 27.7 Å². The molecule has 2 aliphatic rings. The van der Waals surface area contributed by atoms with Gasteiger partial charge in [0.05, 0.1) is 18.4 Å². The Bertz CT molecular complexity index is 390. The summed E-state index contributed by atoms with van der Waals surface area (Å²) in [5.74, 6) is 0. The Balaban J connectivity index is 1.98. The molecule has 0 unspecified atom stereocenters. The average molecular weight is 290 g/mol. The number of hydrazine groups is 1. The van der Waals surface area contributed by atoms with E-state index in [0.717, 1.165) is 0 Å². The van der Waals surface area contributed by atoms with E-state index in [-0.39, 0.29) is 22.4 Å². The highest BCUT2D eigenvalue weighted by atomic mass is 32.1. The van der Waals surface area contributed by atoms with Crippen LogP contribution >= 0.6 is 24.4 Å². The van der Waals surface area contributed by atoms with Crippen molar-refractivity contribution in [3.8, 4) is 0 Å². The standard InChI is InChI=1S/C8H14N6O2S2/c9-7(17)13-11-3-1-4(12-14-8(10)18)6-15-2-5(3)16-6/h3,5-6,11H,1-2H2,(H3,9,13,17)(H3,10,14,18)/b12-4+/t3-,5-,6-/m0/s1. The van der Waals surface area contributed by atoms with E-state index in [4.69, 9.17) is 33.2 Å². The van der Waals surface area contributed by atoms with E-state index in [0.29, 0.717) is 18.7 Å². The van der Waals surface area contributed by atoms with Gasteiger partial charge in [-0.3, -0.25) is 10.9 Å². The summed E-state index contributed by atoms with van der Waals surface area (Å²) in [5.41, 5.74) is 19.5. The van der Waals surface area contributed by atoms with E-state index >= 15 is 0 Å². The zero-order valence-electron chi connectivity index (χ0n) is 9.38. The number of nitrogens with one attached hydrogen (secondary N) is 3. The summed E-state index contributed by atoms with van der Waals surface area (Å²) in [7, 11) is 0. The first-order valence-corrected chi connectivity index (χ1v) is 6.08. The van der Waals surface area contributed by atoms with Crippen LogP contribution in [-0.4, -0.2) is 41.0 Å². The van der Waals surface area contributed by atoms with Crippen molar-refractivity contribution in [3.05, 3.63) is 0 Å². The van der Waals surface area contributed by atoms with E-state index in [1.165, 1.54) is 0 Å². The molecule has 10 heteroatoms. The van der Waals surface area contributed by atoms with Crippen molar-refractivity contribution < 1.29 is 9.47 Å². The number of rotatable bonds is 3. The van der Waals surface area contributed by atoms with Gasteiger partial charge in [0.2, 0.25) is 0 Å². The Morgan fingerprint density at radius 3 is 2.78 bits per heavy atom. The smallest absolute Gasteiger partial charge is 0.199 e. The number of nitrogens with zero attached hydrogens (tertiary/aromatic N) is 1. The molecule has 2 heterocycles. The topological polar surface area (TPSA) is 119 Å². The maximum Gasteiger partial charge on any atom is 0.199 e. The third-order valence-corrected chi connectivity index (χ3v) is 2.74. The molecule has 2 aliphatic heterocycles. The highest BCUT2D eigenvalue weighted by Gasteiger charge is 2.42. The third kappa shape index (κ3) is 3.23. The fourth-order valence-electron chi connectivity index (χ4n) is 1.79. The molecule has 100 valence electrons.